The number of anilines is 1. The quantitative estimate of drug-likeness (QED) is 0.853. The fourth-order valence-corrected chi connectivity index (χ4v) is 1.46. The van der Waals surface area contributed by atoms with Crippen molar-refractivity contribution in [3.63, 3.8) is 0 Å². The molecule has 0 saturated carbocycles. The number of carboxylic acid groups (broad SMARTS) is 1. The van der Waals surface area contributed by atoms with Crippen molar-refractivity contribution in [2.24, 2.45) is 0 Å². The van der Waals surface area contributed by atoms with Crippen LogP contribution in [0.1, 0.15) is 28.4 Å². The number of hydrogen-bond donors (Lipinski definition) is 2. The molecule has 1 rings (SSSR count). The Kier molecular flexibility index (Phi) is 4.27. The van der Waals surface area contributed by atoms with Gasteiger partial charge in [-0.3, -0.25) is 5.32 Å². The van der Waals surface area contributed by atoms with Crippen LogP contribution >= 0.6 is 0 Å². The summed E-state index contributed by atoms with van der Waals surface area (Å²) in [5.74, 6) is -1.22. The van der Waals surface area contributed by atoms with Crippen LogP contribution in [-0.4, -0.2) is 23.8 Å². The number of nitrogens with one attached hydrogen (secondary N) is 1. The van der Waals surface area contributed by atoms with E-state index in [0.717, 1.165) is 0 Å². The highest BCUT2D eigenvalue weighted by molar-refractivity contribution is 6.00. The molecule has 0 aliphatic carbocycles. The molecule has 6 nitrogen and oxygen atoms in total. The van der Waals surface area contributed by atoms with Crippen LogP contribution in [0, 0.1) is 18.3 Å². The zero-order chi connectivity index (χ0) is 13.7. The van der Waals surface area contributed by atoms with E-state index in [9.17, 15) is 9.59 Å². The monoisotopic (exact) mass is 248 g/mol. The molecule has 0 unspecified atom stereocenters. The maximum atomic E-state index is 11.3. The summed E-state index contributed by atoms with van der Waals surface area (Å²) in [5, 5.41) is 20.2. The lowest BCUT2D eigenvalue weighted by Gasteiger charge is -2.11. The Morgan fingerprint density at radius 3 is 2.67 bits per heavy atom. The summed E-state index contributed by atoms with van der Waals surface area (Å²) >= 11 is 0. The highest BCUT2D eigenvalue weighted by atomic mass is 16.5. The van der Waals surface area contributed by atoms with Crippen molar-refractivity contribution >= 4 is 17.7 Å². The Bertz CT molecular complexity index is 532. The number of aromatic carboxylic acids is 1. The number of aryl methyl sites for hydroxylation is 1. The second kappa shape index (κ2) is 5.68. The molecule has 0 heterocycles. The number of nitrogens with zero attached hydrogens (tertiary/aromatic N) is 1. The molecule has 0 aromatic heterocycles. The Morgan fingerprint density at radius 1 is 1.50 bits per heavy atom. The van der Waals surface area contributed by atoms with Gasteiger partial charge in [-0.1, -0.05) is 0 Å². The Balaban J connectivity index is 3.21. The van der Waals surface area contributed by atoms with Crippen LogP contribution in [0.4, 0.5) is 10.5 Å². The molecule has 0 atom stereocenters. The van der Waals surface area contributed by atoms with Gasteiger partial charge in [0.15, 0.2) is 0 Å². The lowest BCUT2D eigenvalue weighted by molar-refractivity contribution is 0.0698. The first-order chi connectivity index (χ1) is 8.49. The summed E-state index contributed by atoms with van der Waals surface area (Å²) in [6, 6.07) is 4.56. The van der Waals surface area contributed by atoms with Crippen molar-refractivity contribution in [2.45, 2.75) is 13.8 Å². The van der Waals surface area contributed by atoms with Gasteiger partial charge in [0.1, 0.15) is 0 Å². The zero-order valence-corrected chi connectivity index (χ0v) is 9.98. The number of hydrogen-bond acceptors (Lipinski definition) is 4. The maximum Gasteiger partial charge on any atom is 0.411 e. The number of benzene rings is 1. The summed E-state index contributed by atoms with van der Waals surface area (Å²) in [6.07, 6.45) is -0.729. The van der Waals surface area contributed by atoms with Crippen molar-refractivity contribution in [3.05, 3.63) is 28.8 Å². The van der Waals surface area contributed by atoms with Crippen LogP contribution in [-0.2, 0) is 4.74 Å². The molecular formula is C12H12N2O4. The number of ether oxygens (including phenoxy) is 1. The molecule has 18 heavy (non-hydrogen) atoms. The van der Waals surface area contributed by atoms with Gasteiger partial charge in [-0.25, -0.2) is 9.59 Å². The van der Waals surface area contributed by atoms with Gasteiger partial charge in [0.25, 0.3) is 0 Å². The molecule has 0 saturated heterocycles. The molecule has 94 valence electrons. The van der Waals surface area contributed by atoms with E-state index in [4.69, 9.17) is 10.4 Å². The number of rotatable bonds is 3. The van der Waals surface area contributed by atoms with E-state index in [1.165, 1.54) is 12.1 Å². The summed E-state index contributed by atoms with van der Waals surface area (Å²) in [4.78, 5) is 22.4. The van der Waals surface area contributed by atoms with Gasteiger partial charge < -0.3 is 9.84 Å². The molecule has 0 fully saturated rings. The Hall–Kier alpha value is -2.55. The minimum absolute atomic E-state index is 0.139. The van der Waals surface area contributed by atoms with Gasteiger partial charge in [0.05, 0.1) is 29.5 Å². The van der Waals surface area contributed by atoms with Gasteiger partial charge in [-0.05, 0) is 31.5 Å². The highest BCUT2D eigenvalue weighted by Gasteiger charge is 2.16. The normalized spacial score (nSPS) is 9.39. The predicted octanol–water partition coefficient (Wildman–Crippen LogP) is 2.13. The van der Waals surface area contributed by atoms with Crippen molar-refractivity contribution in [3.8, 4) is 6.07 Å². The van der Waals surface area contributed by atoms with Gasteiger partial charge >= 0.3 is 12.1 Å². The second-order valence-corrected chi connectivity index (χ2v) is 3.48. The first-order valence-electron chi connectivity index (χ1n) is 5.21. The van der Waals surface area contributed by atoms with Crippen molar-refractivity contribution < 1.29 is 19.4 Å². The Labute approximate surface area is 104 Å². The first kappa shape index (κ1) is 13.5. The number of carboxylic acids is 1. The third kappa shape index (κ3) is 2.98. The molecule has 0 aliphatic rings. The molecule has 1 aromatic rings. The first-order valence-corrected chi connectivity index (χ1v) is 5.21. The van der Waals surface area contributed by atoms with Crippen LogP contribution in [0.2, 0.25) is 0 Å². The second-order valence-electron chi connectivity index (χ2n) is 3.48. The standard InChI is InChI=1S/C12H12N2O4/c1-3-18-12(17)14-10-7(2)4-8(6-13)5-9(10)11(15)16/h4-5H,3H2,1-2H3,(H,14,17)(H,15,16). The SMILES string of the molecule is CCOC(=O)Nc1c(C)cc(C#N)cc1C(=O)O. The Morgan fingerprint density at radius 2 is 2.17 bits per heavy atom. The molecule has 6 heteroatoms. The van der Waals surface area contributed by atoms with E-state index in [1.807, 2.05) is 6.07 Å². The fourth-order valence-electron chi connectivity index (χ4n) is 1.46. The molecule has 0 bridgehead atoms. The number of amides is 1. The van der Waals surface area contributed by atoms with E-state index >= 15 is 0 Å². The average Bonchev–Trinajstić information content (AvgIpc) is 2.31. The molecule has 0 radical (unpaired) electrons. The zero-order valence-electron chi connectivity index (χ0n) is 9.98. The third-order valence-corrected chi connectivity index (χ3v) is 2.20. The summed E-state index contributed by atoms with van der Waals surface area (Å²) in [5.41, 5.74) is 0.707. The van der Waals surface area contributed by atoms with Crippen molar-refractivity contribution in [1.82, 2.24) is 0 Å². The van der Waals surface area contributed by atoms with Crippen molar-refractivity contribution in [2.75, 3.05) is 11.9 Å². The maximum absolute atomic E-state index is 11.3. The van der Waals surface area contributed by atoms with Gasteiger partial charge in [0, 0.05) is 0 Å². The third-order valence-electron chi connectivity index (χ3n) is 2.20. The van der Waals surface area contributed by atoms with E-state index in [-0.39, 0.29) is 23.4 Å². The van der Waals surface area contributed by atoms with E-state index in [0.29, 0.717) is 5.56 Å². The van der Waals surface area contributed by atoms with E-state index < -0.39 is 12.1 Å². The lowest BCUT2D eigenvalue weighted by atomic mass is 10.0. The molecule has 0 aliphatic heterocycles. The summed E-state index contributed by atoms with van der Waals surface area (Å²) in [7, 11) is 0. The van der Waals surface area contributed by atoms with E-state index in [2.05, 4.69) is 10.1 Å². The highest BCUT2D eigenvalue weighted by Crippen LogP contribution is 2.23. The summed E-state index contributed by atoms with van der Waals surface area (Å²) in [6.45, 7) is 3.43. The van der Waals surface area contributed by atoms with Crippen LogP contribution < -0.4 is 5.32 Å². The smallest absolute Gasteiger partial charge is 0.411 e. The average molecular weight is 248 g/mol. The molecule has 0 spiro atoms. The largest absolute Gasteiger partial charge is 0.478 e. The summed E-state index contributed by atoms with van der Waals surface area (Å²) < 4.78 is 4.68. The van der Waals surface area contributed by atoms with E-state index in [1.54, 1.807) is 13.8 Å². The number of nitriles is 1. The molecule has 1 aromatic carbocycles. The lowest BCUT2D eigenvalue weighted by Crippen LogP contribution is -2.17. The van der Waals surface area contributed by atoms with Crippen LogP contribution in [0.15, 0.2) is 12.1 Å². The minimum atomic E-state index is -1.22. The molecular weight excluding hydrogens is 236 g/mol. The number of carbonyl (C=O) groups is 2. The van der Waals surface area contributed by atoms with Gasteiger partial charge in [-0.2, -0.15) is 5.26 Å². The van der Waals surface area contributed by atoms with Crippen molar-refractivity contribution in [1.29, 1.82) is 5.26 Å². The van der Waals surface area contributed by atoms with Gasteiger partial charge in [-0.15, -0.1) is 0 Å². The molecule has 2 N–H and O–H groups in total. The minimum Gasteiger partial charge on any atom is -0.478 e. The fraction of sp³-hybridized carbons (Fsp3) is 0.250. The molecule has 1 amide bonds. The van der Waals surface area contributed by atoms with Crippen LogP contribution in [0.3, 0.4) is 0 Å². The number of carbonyl (C=O) groups excluding carboxylic acids is 1. The van der Waals surface area contributed by atoms with Crippen LogP contribution in [0.5, 0.6) is 0 Å². The van der Waals surface area contributed by atoms with Crippen LogP contribution in [0.25, 0.3) is 0 Å². The predicted molar refractivity (Wildman–Crippen MR) is 63.5 cm³/mol. The topological polar surface area (TPSA) is 99.4 Å². The van der Waals surface area contributed by atoms with Gasteiger partial charge in [0.2, 0.25) is 0 Å².